The first kappa shape index (κ1) is 15.7. The molecule has 2 N–H and O–H groups in total. The molecule has 0 bridgehead atoms. The zero-order valence-corrected chi connectivity index (χ0v) is 13.5. The molecule has 24 heavy (non-hydrogen) atoms. The van der Waals surface area contributed by atoms with E-state index in [1.54, 1.807) is 25.1 Å². The summed E-state index contributed by atoms with van der Waals surface area (Å²) in [5, 5.41) is 3.16. The Balaban J connectivity index is 1.83. The van der Waals surface area contributed by atoms with Crippen LogP contribution in [0.2, 0.25) is 0 Å². The van der Waals surface area contributed by atoms with Gasteiger partial charge in [0.25, 0.3) is 5.56 Å². The average molecular weight is 322 g/mol. The predicted octanol–water partition coefficient (Wildman–Crippen LogP) is 3.04. The van der Waals surface area contributed by atoms with E-state index in [-0.39, 0.29) is 5.56 Å². The molecule has 122 valence electrons. The van der Waals surface area contributed by atoms with E-state index in [0.29, 0.717) is 22.4 Å². The largest absolute Gasteiger partial charge is 0.338 e. The molecule has 6 heteroatoms. The molecular formula is C18H18N4O2. The van der Waals surface area contributed by atoms with E-state index in [9.17, 15) is 9.59 Å². The third kappa shape index (κ3) is 3.12. The minimum absolute atomic E-state index is 0.311. The quantitative estimate of drug-likeness (QED) is 0.778. The molecule has 0 aliphatic rings. The van der Waals surface area contributed by atoms with Crippen molar-refractivity contribution in [3.63, 3.8) is 0 Å². The van der Waals surface area contributed by atoms with Crippen LogP contribution in [-0.4, -0.2) is 15.7 Å². The number of anilines is 1. The molecule has 3 rings (SSSR count). The molecule has 0 atom stereocenters. The number of amides is 2. The van der Waals surface area contributed by atoms with Crippen LogP contribution in [0.5, 0.6) is 0 Å². The van der Waals surface area contributed by atoms with Crippen molar-refractivity contribution in [2.45, 2.75) is 20.3 Å². The number of hydrogen-bond acceptors (Lipinski definition) is 3. The van der Waals surface area contributed by atoms with Crippen molar-refractivity contribution in [2.75, 3.05) is 10.7 Å². The van der Waals surface area contributed by atoms with Crippen LogP contribution in [0.25, 0.3) is 10.9 Å². The van der Waals surface area contributed by atoms with Gasteiger partial charge < -0.3 is 5.32 Å². The number of fused-ring (bicyclic) bond motifs is 1. The predicted molar refractivity (Wildman–Crippen MR) is 94.9 cm³/mol. The van der Waals surface area contributed by atoms with E-state index < -0.39 is 6.03 Å². The lowest BCUT2D eigenvalue weighted by Gasteiger charge is -2.13. The maximum atomic E-state index is 12.5. The summed E-state index contributed by atoms with van der Waals surface area (Å²) in [6, 6.07) is 14.1. The number of urea groups is 1. The Bertz CT molecular complexity index is 945. The second-order valence-corrected chi connectivity index (χ2v) is 5.43. The number of benzene rings is 2. The van der Waals surface area contributed by atoms with Gasteiger partial charge in [-0.15, -0.1) is 0 Å². The Kier molecular flexibility index (Phi) is 4.29. The maximum Gasteiger partial charge on any atom is 0.338 e. The summed E-state index contributed by atoms with van der Waals surface area (Å²) in [5.41, 5.74) is 4.68. The van der Waals surface area contributed by atoms with Crippen LogP contribution in [-0.2, 0) is 6.42 Å². The van der Waals surface area contributed by atoms with Crippen LogP contribution in [0.3, 0.4) is 0 Å². The van der Waals surface area contributed by atoms with Crippen molar-refractivity contribution in [1.82, 2.24) is 9.66 Å². The van der Waals surface area contributed by atoms with Gasteiger partial charge in [0, 0.05) is 5.69 Å². The lowest BCUT2D eigenvalue weighted by molar-refractivity contribution is 0.259. The smallest absolute Gasteiger partial charge is 0.307 e. The number of carbonyl (C=O) groups excluding carboxylic acids is 1. The lowest BCUT2D eigenvalue weighted by Crippen LogP contribution is -2.37. The van der Waals surface area contributed by atoms with Crippen molar-refractivity contribution < 1.29 is 4.79 Å². The molecular weight excluding hydrogens is 304 g/mol. The highest BCUT2D eigenvalue weighted by Gasteiger charge is 2.10. The summed E-state index contributed by atoms with van der Waals surface area (Å²) in [6.07, 6.45) is 0.934. The van der Waals surface area contributed by atoms with Crippen LogP contribution < -0.4 is 16.3 Å². The molecule has 1 aromatic heterocycles. The number of aromatic nitrogens is 2. The highest BCUT2D eigenvalue weighted by atomic mass is 16.2. The van der Waals surface area contributed by atoms with Gasteiger partial charge in [0.1, 0.15) is 5.82 Å². The zero-order chi connectivity index (χ0) is 17.1. The molecule has 0 aliphatic heterocycles. The van der Waals surface area contributed by atoms with E-state index in [0.717, 1.165) is 11.1 Å². The fraction of sp³-hybridized carbons (Fsp3) is 0.167. The summed E-state index contributed by atoms with van der Waals surface area (Å²) >= 11 is 0. The van der Waals surface area contributed by atoms with Crippen molar-refractivity contribution >= 4 is 22.6 Å². The number of rotatable bonds is 3. The van der Waals surface area contributed by atoms with Crippen molar-refractivity contribution in [3.8, 4) is 0 Å². The Morgan fingerprint density at radius 1 is 1.12 bits per heavy atom. The minimum atomic E-state index is -0.499. The van der Waals surface area contributed by atoms with Crippen LogP contribution in [0.1, 0.15) is 18.3 Å². The van der Waals surface area contributed by atoms with Gasteiger partial charge >= 0.3 is 6.03 Å². The van der Waals surface area contributed by atoms with Crippen LogP contribution >= 0.6 is 0 Å². The third-order valence-electron chi connectivity index (χ3n) is 3.78. The zero-order valence-electron chi connectivity index (χ0n) is 13.5. The van der Waals surface area contributed by atoms with E-state index in [1.807, 2.05) is 30.3 Å². The molecule has 2 aromatic carbocycles. The van der Waals surface area contributed by atoms with Crippen molar-refractivity contribution in [3.05, 3.63) is 70.3 Å². The Morgan fingerprint density at radius 3 is 2.54 bits per heavy atom. The highest BCUT2D eigenvalue weighted by molar-refractivity contribution is 5.95. The van der Waals surface area contributed by atoms with Gasteiger partial charge in [-0.2, -0.15) is 0 Å². The number of carbonyl (C=O) groups is 1. The molecule has 0 saturated heterocycles. The maximum absolute atomic E-state index is 12.5. The van der Waals surface area contributed by atoms with E-state index in [1.165, 1.54) is 5.56 Å². The number of nitrogens with one attached hydrogen (secondary N) is 2. The number of aryl methyl sites for hydroxylation is 2. The standard InChI is InChI=1S/C18H18N4O2/c1-3-13-8-10-14(11-9-13)20-18(24)21-22-12(2)19-16-7-5-4-6-15(16)17(22)23/h4-11H,3H2,1-2H3,(H2,20,21,24). The minimum Gasteiger partial charge on any atom is -0.307 e. The van der Waals surface area contributed by atoms with Gasteiger partial charge in [-0.05, 0) is 43.2 Å². The molecule has 2 amide bonds. The number of hydrogen-bond donors (Lipinski definition) is 2. The average Bonchev–Trinajstić information content (AvgIpc) is 2.59. The van der Waals surface area contributed by atoms with Gasteiger partial charge in [-0.1, -0.05) is 31.2 Å². The Morgan fingerprint density at radius 2 is 1.83 bits per heavy atom. The molecule has 0 fully saturated rings. The molecule has 0 radical (unpaired) electrons. The highest BCUT2D eigenvalue weighted by Crippen LogP contribution is 2.10. The first-order chi connectivity index (χ1) is 11.6. The molecule has 0 aliphatic carbocycles. The van der Waals surface area contributed by atoms with Gasteiger partial charge in [0.05, 0.1) is 10.9 Å². The molecule has 0 unspecified atom stereocenters. The van der Waals surface area contributed by atoms with Gasteiger partial charge in [-0.25, -0.2) is 19.9 Å². The van der Waals surface area contributed by atoms with Crippen LogP contribution in [0, 0.1) is 6.92 Å². The third-order valence-corrected chi connectivity index (χ3v) is 3.78. The number of nitrogens with zero attached hydrogens (tertiary/aromatic N) is 2. The second kappa shape index (κ2) is 6.54. The normalized spacial score (nSPS) is 10.6. The molecule has 3 aromatic rings. The van der Waals surface area contributed by atoms with Crippen LogP contribution in [0.15, 0.2) is 53.3 Å². The topological polar surface area (TPSA) is 76.0 Å². The van der Waals surface area contributed by atoms with E-state index in [2.05, 4.69) is 22.7 Å². The molecule has 0 spiro atoms. The first-order valence-corrected chi connectivity index (χ1v) is 7.74. The van der Waals surface area contributed by atoms with Gasteiger partial charge in [-0.3, -0.25) is 4.79 Å². The van der Waals surface area contributed by atoms with E-state index in [4.69, 9.17) is 0 Å². The van der Waals surface area contributed by atoms with Gasteiger partial charge in [0.2, 0.25) is 0 Å². The monoisotopic (exact) mass is 322 g/mol. The van der Waals surface area contributed by atoms with Crippen LogP contribution in [0.4, 0.5) is 10.5 Å². The summed E-state index contributed by atoms with van der Waals surface area (Å²) in [5.74, 6) is 0.412. The Hall–Kier alpha value is -3.15. The van der Waals surface area contributed by atoms with Crippen molar-refractivity contribution in [2.24, 2.45) is 0 Å². The summed E-state index contributed by atoms with van der Waals surface area (Å²) in [7, 11) is 0. The van der Waals surface area contributed by atoms with E-state index >= 15 is 0 Å². The summed E-state index contributed by atoms with van der Waals surface area (Å²) < 4.78 is 1.15. The summed E-state index contributed by atoms with van der Waals surface area (Å²) in [6.45, 7) is 3.74. The summed E-state index contributed by atoms with van der Waals surface area (Å²) in [4.78, 5) is 29.0. The first-order valence-electron chi connectivity index (χ1n) is 7.74. The fourth-order valence-corrected chi connectivity index (χ4v) is 2.46. The lowest BCUT2D eigenvalue weighted by atomic mass is 10.1. The molecule has 1 heterocycles. The van der Waals surface area contributed by atoms with Gasteiger partial charge in [0.15, 0.2) is 0 Å². The molecule has 6 nitrogen and oxygen atoms in total. The molecule has 0 saturated carbocycles. The fourth-order valence-electron chi connectivity index (χ4n) is 2.46. The van der Waals surface area contributed by atoms with Crippen molar-refractivity contribution in [1.29, 1.82) is 0 Å². The number of para-hydroxylation sites is 1. The second-order valence-electron chi connectivity index (χ2n) is 5.43. The Labute approximate surface area is 139 Å². The SMILES string of the molecule is CCc1ccc(NC(=O)Nn2c(C)nc3ccccc3c2=O)cc1.